The molecular weight excluding hydrogens is 404 g/mol. The Kier molecular flexibility index (Phi) is 7.35. The molecule has 2 aromatic carbocycles. The van der Waals surface area contributed by atoms with Gasteiger partial charge in [-0.3, -0.25) is 9.59 Å². The van der Waals surface area contributed by atoms with Gasteiger partial charge < -0.3 is 19.9 Å². The van der Waals surface area contributed by atoms with Gasteiger partial charge in [0.1, 0.15) is 18.2 Å². The van der Waals surface area contributed by atoms with E-state index < -0.39 is 18.0 Å². The molecule has 2 aromatic rings. The highest BCUT2D eigenvalue weighted by atomic mass is 19.1. The van der Waals surface area contributed by atoms with Gasteiger partial charge >= 0.3 is 0 Å². The summed E-state index contributed by atoms with van der Waals surface area (Å²) in [5.74, 6) is -1.41. The molecule has 3 atom stereocenters. The molecule has 1 heterocycles. The van der Waals surface area contributed by atoms with Crippen LogP contribution in [0, 0.1) is 11.6 Å². The van der Waals surface area contributed by atoms with Crippen molar-refractivity contribution in [2.75, 3.05) is 34.3 Å². The molecule has 1 aliphatic rings. The number of nitrogens with one attached hydrogen (secondary N) is 1. The maximum Gasteiger partial charge on any atom is 0.252 e. The van der Waals surface area contributed by atoms with Crippen molar-refractivity contribution in [3.63, 3.8) is 0 Å². The monoisotopic (exact) mass is 431 g/mol. The highest BCUT2D eigenvalue weighted by molar-refractivity contribution is 5.86. The zero-order valence-corrected chi connectivity index (χ0v) is 17.8. The second-order valence-electron chi connectivity index (χ2n) is 7.94. The summed E-state index contributed by atoms with van der Waals surface area (Å²) in [6.45, 7) is 0.485. The van der Waals surface area contributed by atoms with Crippen LogP contribution in [-0.2, 0) is 14.3 Å². The number of likely N-dealkylation sites (N-methyl/N-ethyl adjacent to an activating group) is 1. The lowest BCUT2D eigenvalue weighted by molar-refractivity contribution is -0.162. The van der Waals surface area contributed by atoms with Gasteiger partial charge in [0.05, 0.1) is 12.1 Å². The third-order valence-corrected chi connectivity index (χ3v) is 5.41. The molecule has 3 unspecified atom stereocenters. The molecule has 0 spiro atoms. The first-order valence-corrected chi connectivity index (χ1v) is 10.1. The average Bonchev–Trinajstić information content (AvgIpc) is 2.74. The summed E-state index contributed by atoms with van der Waals surface area (Å²) in [5.41, 5.74) is 1.37. The van der Waals surface area contributed by atoms with Crippen LogP contribution in [0.4, 0.5) is 8.78 Å². The third kappa shape index (κ3) is 5.65. The molecule has 1 aliphatic heterocycles. The first-order chi connectivity index (χ1) is 14.8. The number of amides is 2. The van der Waals surface area contributed by atoms with Gasteiger partial charge in [0.25, 0.3) is 5.91 Å². The van der Waals surface area contributed by atoms with Crippen LogP contribution < -0.4 is 5.32 Å². The fourth-order valence-electron chi connectivity index (χ4n) is 3.65. The number of carbonyl (C=O) groups excluding carboxylic acids is 2. The van der Waals surface area contributed by atoms with Crippen molar-refractivity contribution in [2.24, 2.45) is 0 Å². The summed E-state index contributed by atoms with van der Waals surface area (Å²) in [4.78, 5) is 28.9. The maximum atomic E-state index is 13.4. The van der Waals surface area contributed by atoms with Crippen LogP contribution >= 0.6 is 0 Å². The molecule has 0 aromatic heterocycles. The number of rotatable bonds is 7. The second kappa shape index (κ2) is 9.98. The van der Waals surface area contributed by atoms with E-state index in [2.05, 4.69) is 5.32 Å². The van der Waals surface area contributed by atoms with E-state index in [9.17, 15) is 18.4 Å². The Morgan fingerprint density at radius 2 is 1.71 bits per heavy atom. The van der Waals surface area contributed by atoms with E-state index in [1.165, 1.54) is 29.2 Å². The number of benzene rings is 2. The minimum Gasteiger partial charge on any atom is -0.356 e. The second-order valence-corrected chi connectivity index (χ2v) is 7.94. The molecule has 1 saturated heterocycles. The number of morpholine rings is 1. The van der Waals surface area contributed by atoms with E-state index in [1.807, 2.05) is 19.0 Å². The molecule has 3 rings (SSSR count). The average molecular weight is 431 g/mol. The zero-order chi connectivity index (χ0) is 22.5. The van der Waals surface area contributed by atoms with Crippen LogP contribution in [0.15, 0.2) is 48.5 Å². The number of halogens is 2. The SMILES string of the molecule is CN(C)CCC(NC(=O)C1OCC(=O)N(C)C1c1ccc(F)cc1)c1ccc(F)cc1. The van der Waals surface area contributed by atoms with Gasteiger partial charge in [-0.1, -0.05) is 24.3 Å². The number of carbonyl (C=O) groups is 2. The number of hydrogen-bond acceptors (Lipinski definition) is 4. The van der Waals surface area contributed by atoms with Crippen LogP contribution in [0.25, 0.3) is 0 Å². The molecule has 166 valence electrons. The predicted molar refractivity (Wildman–Crippen MR) is 112 cm³/mol. The van der Waals surface area contributed by atoms with Crippen molar-refractivity contribution in [1.82, 2.24) is 15.1 Å². The van der Waals surface area contributed by atoms with Crippen molar-refractivity contribution in [3.8, 4) is 0 Å². The Hall–Kier alpha value is -2.84. The molecule has 0 saturated carbocycles. The topological polar surface area (TPSA) is 61.9 Å². The number of hydrogen-bond donors (Lipinski definition) is 1. The third-order valence-electron chi connectivity index (χ3n) is 5.41. The van der Waals surface area contributed by atoms with Crippen molar-refractivity contribution in [3.05, 3.63) is 71.3 Å². The summed E-state index contributed by atoms with van der Waals surface area (Å²) in [7, 11) is 5.46. The van der Waals surface area contributed by atoms with Gasteiger partial charge in [-0.2, -0.15) is 0 Å². The Bertz CT molecular complexity index is 903. The normalized spacial score (nSPS) is 20.1. The molecule has 31 heavy (non-hydrogen) atoms. The first-order valence-electron chi connectivity index (χ1n) is 10.1. The molecule has 1 N–H and O–H groups in total. The van der Waals surface area contributed by atoms with E-state index in [-0.39, 0.29) is 30.3 Å². The largest absolute Gasteiger partial charge is 0.356 e. The van der Waals surface area contributed by atoms with Gasteiger partial charge in [0.15, 0.2) is 6.10 Å². The van der Waals surface area contributed by atoms with Crippen LogP contribution in [0.2, 0.25) is 0 Å². The Labute approximate surface area is 180 Å². The quantitative estimate of drug-likeness (QED) is 0.732. The molecule has 0 aliphatic carbocycles. The summed E-state index contributed by atoms with van der Waals surface area (Å²) in [5, 5.41) is 3.00. The van der Waals surface area contributed by atoms with E-state index in [0.29, 0.717) is 18.5 Å². The maximum absolute atomic E-state index is 13.4. The first kappa shape index (κ1) is 22.8. The predicted octanol–water partition coefficient (Wildman–Crippen LogP) is 2.67. The van der Waals surface area contributed by atoms with E-state index in [4.69, 9.17) is 4.74 Å². The van der Waals surface area contributed by atoms with Crippen molar-refractivity contribution < 1.29 is 23.1 Å². The molecular formula is C23H27F2N3O3. The van der Waals surface area contributed by atoms with E-state index >= 15 is 0 Å². The van der Waals surface area contributed by atoms with Gasteiger partial charge in [-0.15, -0.1) is 0 Å². The molecule has 0 radical (unpaired) electrons. The van der Waals surface area contributed by atoms with Gasteiger partial charge in [-0.25, -0.2) is 8.78 Å². The standard InChI is InChI=1S/C23H27F2N3O3/c1-27(2)13-12-19(15-4-8-17(24)9-5-15)26-23(30)22-21(28(3)20(29)14-31-22)16-6-10-18(25)11-7-16/h4-11,19,21-22H,12-14H2,1-3H3,(H,26,30). The lowest BCUT2D eigenvalue weighted by Gasteiger charge is -2.39. The molecule has 6 nitrogen and oxygen atoms in total. The molecule has 1 fully saturated rings. The lowest BCUT2D eigenvalue weighted by atomic mass is 9.96. The summed E-state index contributed by atoms with van der Waals surface area (Å²) in [6.07, 6.45) is -0.358. The van der Waals surface area contributed by atoms with Gasteiger partial charge in [0.2, 0.25) is 5.91 Å². The van der Waals surface area contributed by atoms with Crippen molar-refractivity contribution >= 4 is 11.8 Å². The Balaban J connectivity index is 1.84. The van der Waals surface area contributed by atoms with Crippen LogP contribution in [0.3, 0.4) is 0 Å². The van der Waals surface area contributed by atoms with Gasteiger partial charge in [0, 0.05) is 7.05 Å². The lowest BCUT2D eigenvalue weighted by Crippen LogP contribution is -2.53. The van der Waals surface area contributed by atoms with Crippen molar-refractivity contribution in [1.29, 1.82) is 0 Å². The summed E-state index contributed by atoms with van der Waals surface area (Å²) in [6, 6.07) is 10.6. The smallest absolute Gasteiger partial charge is 0.252 e. The number of ether oxygens (including phenoxy) is 1. The zero-order valence-electron chi connectivity index (χ0n) is 17.8. The van der Waals surface area contributed by atoms with Crippen LogP contribution in [-0.4, -0.2) is 62.0 Å². The van der Waals surface area contributed by atoms with Gasteiger partial charge in [-0.05, 0) is 62.5 Å². The minimum absolute atomic E-state index is 0.217. The molecule has 0 bridgehead atoms. The summed E-state index contributed by atoms with van der Waals surface area (Å²) >= 11 is 0. The van der Waals surface area contributed by atoms with Crippen molar-refractivity contribution in [2.45, 2.75) is 24.6 Å². The highest BCUT2D eigenvalue weighted by Crippen LogP contribution is 2.30. The summed E-state index contributed by atoms with van der Waals surface area (Å²) < 4.78 is 32.4. The fraction of sp³-hybridized carbons (Fsp3) is 0.391. The molecule has 2 amide bonds. The van der Waals surface area contributed by atoms with E-state index in [1.54, 1.807) is 31.3 Å². The minimum atomic E-state index is -0.963. The van der Waals surface area contributed by atoms with Crippen LogP contribution in [0.5, 0.6) is 0 Å². The van der Waals surface area contributed by atoms with E-state index in [0.717, 1.165) is 5.56 Å². The van der Waals surface area contributed by atoms with Crippen LogP contribution in [0.1, 0.15) is 29.6 Å². The fourth-order valence-corrected chi connectivity index (χ4v) is 3.65. The Morgan fingerprint density at radius 1 is 1.13 bits per heavy atom. The Morgan fingerprint density at radius 3 is 2.29 bits per heavy atom. The number of nitrogens with zero attached hydrogens (tertiary/aromatic N) is 2. The highest BCUT2D eigenvalue weighted by Gasteiger charge is 2.40. The molecule has 8 heteroatoms.